The summed E-state index contributed by atoms with van der Waals surface area (Å²) in [6.45, 7) is 1.10. The predicted octanol–water partition coefficient (Wildman–Crippen LogP) is 2.86. The van der Waals surface area contributed by atoms with Crippen LogP contribution < -0.4 is 16.8 Å². The topological polar surface area (TPSA) is 98.2 Å². The second-order valence-corrected chi connectivity index (χ2v) is 7.56. The SMILES string of the molecule is NCCC[C@H](N)CNC(=O)C(CCc1ccccc1)CCc1ccc(C=O)cc1. The molecule has 5 nitrogen and oxygen atoms in total. The summed E-state index contributed by atoms with van der Waals surface area (Å²) in [6.07, 6.45) is 5.73. The van der Waals surface area contributed by atoms with Gasteiger partial charge in [0.15, 0.2) is 0 Å². The van der Waals surface area contributed by atoms with E-state index in [9.17, 15) is 9.59 Å². The van der Waals surface area contributed by atoms with Gasteiger partial charge in [-0.1, -0.05) is 54.6 Å². The largest absolute Gasteiger partial charge is 0.354 e. The van der Waals surface area contributed by atoms with Crippen LogP contribution >= 0.6 is 0 Å². The number of benzene rings is 2. The summed E-state index contributed by atoms with van der Waals surface area (Å²) in [7, 11) is 0. The number of aryl methyl sites for hydroxylation is 2. The van der Waals surface area contributed by atoms with Crippen molar-refractivity contribution in [2.24, 2.45) is 17.4 Å². The summed E-state index contributed by atoms with van der Waals surface area (Å²) in [5.41, 5.74) is 14.6. The zero-order chi connectivity index (χ0) is 20.9. The first-order valence-electron chi connectivity index (χ1n) is 10.4. The Hall–Kier alpha value is -2.50. The van der Waals surface area contributed by atoms with E-state index in [1.165, 1.54) is 5.56 Å². The predicted molar refractivity (Wildman–Crippen MR) is 118 cm³/mol. The quantitative estimate of drug-likeness (QED) is 0.454. The van der Waals surface area contributed by atoms with Crippen LogP contribution in [-0.2, 0) is 17.6 Å². The number of hydrogen-bond donors (Lipinski definition) is 3. The smallest absolute Gasteiger partial charge is 0.223 e. The molecular formula is C24H33N3O2. The fourth-order valence-electron chi connectivity index (χ4n) is 3.35. The van der Waals surface area contributed by atoms with Crippen LogP contribution in [0, 0.1) is 5.92 Å². The van der Waals surface area contributed by atoms with Gasteiger partial charge in [0.05, 0.1) is 0 Å². The van der Waals surface area contributed by atoms with E-state index in [2.05, 4.69) is 17.4 Å². The van der Waals surface area contributed by atoms with E-state index >= 15 is 0 Å². The van der Waals surface area contributed by atoms with Gasteiger partial charge in [0, 0.05) is 24.1 Å². The second-order valence-electron chi connectivity index (χ2n) is 7.56. The average Bonchev–Trinajstić information content (AvgIpc) is 2.77. The Bertz CT molecular complexity index is 732. The zero-order valence-corrected chi connectivity index (χ0v) is 17.1. The summed E-state index contributed by atoms with van der Waals surface area (Å²) < 4.78 is 0. The van der Waals surface area contributed by atoms with E-state index in [4.69, 9.17) is 11.5 Å². The van der Waals surface area contributed by atoms with Crippen molar-refractivity contribution < 1.29 is 9.59 Å². The van der Waals surface area contributed by atoms with Crippen molar-refractivity contribution in [1.29, 1.82) is 0 Å². The number of aldehydes is 1. The van der Waals surface area contributed by atoms with Gasteiger partial charge in [0.1, 0.15) is 6.29 Å². The molecule has 1 unspecified atom stereocenters. The molecule has 2 aromatic rings. The number of nitrogens with one attached hydrogen (secondary N) is 1. The molecule has 1 amide bonds. The summed E-state index contributed by atoms with van der Waals surface area (Å²) >= 11 is 0. The Kier molecular flexibility index (Phi) is 10.1. The van der Waals surface area contributed by atoms with Crippen molar-refractivity contribution in [3.8, 4) is 0 Å². The van der Waals surface area contributed by atoms with Gasteiger partial charge < -0.3 is 16.8 Å². The molecule has 2 aromatic carbocycles. The first-order chi connectivity index (χ1) is 14.1. The van der Waals surface area contributed by atoms with Crippen molar-refractivity contribution in [2.75, 3.05) is 13.1 Å². The van der Waals surface area contributed by atoms with E-state index in [0.29, 0.717) is 18.7 Å². The van der Waals surface area contributed by atoms with Crippen LogP contribution in [0.25, 0.3) is 0 Å². The van der Waals surface area contributed by atoms with Crippen molar-refractivity contribution in [3.63, 3.8) is 0 Å². The highest BCUT2D eigenvalue weighted by Gasteiger charge is 2.19. The molecule has 0 saturated heterocycles. The monoisotopic (exact) mass is 395 g/mol. The molecule has 0 aliphatic carbocycles. The lowest BCUT2D eigenvalue weighted by Gasteiger charge is -2.19. The van der Waals surface area contributed by atoms with Gasteiger partial charge in [-0.25, -0.2) is 0 Å². The normalized spacial score (nSPS) is 12.9. The zero-order valence-electron chi connectivity index (χ0n) is 17.1. The lowest BCUT2D eigenvalue weighted by molar-refractivity contribution is -0.125. The highest BCUT2D eigenvalue weighted by Crippen LogP contribution is 2.17. The fourth-order valence-corrected chi connectivity index (χ4v) is 3.35. The van der Waals surface area contributed by atoms with Crippen molar-refractivity contribution in [1.82, 2.24) is 5.32 Å². The number of hydrogen-bond acceptors (Lipinski definition) is 4. The summed E-state index contributed by atoms with van der Waals surface area (Å²) in [6, 6.07) is 17.7. The van der Waals surface area contributed by atoms with Gasteiger partial charge in [0.2, 0.25) is 5.91 Å². The first kappa shape index (κ1) is 22.8. The lowest BCUT2D eigenvalue weighted by Crippen LogP contribution is -2.40. The van der Waals surface area contributed by atoms with E-state index < -0.39 is 0 Å². The molecule has 0 aromatic heterocycles. The maximum absolute atomic E-state index is 12.8. The van der Waals surface area contributed by atoms with Crippen LogP contribution in [0.5, 0.6) is 0 Å². The Balaban J connectivity index is 1.93. The molecular weight excluding hydrogens is 362 g/mol. The van der Waals surface area contributed by atoms with Crippen molar-refractivity contribution >= 4 is 12.2 Å². The molecule has 0 aliphatic rings. The second kappa shape index (κ2) is 12.9. The van der Waals surface area contributed by atoms with Gasteiger partial charge in [0.25, 0.3) is 0 Å². The Morgan fingerprint density at radius 1 is 0.931 bits per heavy atom. The maximum atomic E-state index is 12.8. The molecule has 29 heavy (non-hydrogen) atoms. The molecule has 0 spiro atoms. The number of rotatable bonds is 13. The van der Waals surface area contributed by atoms with Crippen LogP contribution in [0.15, 0.2) is 54.6 Å². The van der Waals surface area contributed by atoms with E-state index in [1.54, 1.807) is 0 Å². The molecule has 0 fully saturated rings. The number of nitrogens with two attached hydrogens (primary N) is 2. The third-order valence-corrected chi connectivity index (χ3v) is 5.21. The molecule has 0 saturated carbocycles. The molecule has 0 heterocycles. The molecule has 5 N–H and O–H groups in total. The highest BCUT2D eigenvalue weighted by molar-refractivity contribution is 5.78. The Morgan fingerprint density at radius 2 is 1.55 bits per heavy atom. The number of carbonyl (C=O) groups is 2. The van der Waals surface area contributed by atoms with Crippen LogP contribution in [0.4, 0.5) is 0 Å². The molecule has 5 heteroatoms. The summed E-state index contributed by atoms with van der Waals surface area (Å²) in [5.74, 6) is -0.0173. The van der Waals surface area contributed by atoms with E-state index in [-0.39, 0.29) is 17.9 Å². The van der Waals surface area contributed by atoms with E-state index in [1.807, 2.05) is 42.5 Å². The fraction of sp³-hybridized carbons (Fsp3) is 0.417. The summed E-state index contributed by atoms with van der Waals surface area (Å²) in [5, 5.41) is 3.03. The van der Waals surface area contributed by atoms with Crippen LogP contribution in [0.3, 0.4) is 0 Å². The Labute approximate surface area is 173 Å². The lowest BCUT2D eigenvalue weighted by atomic mass is 9.92. The third-order valence-electron chi connectivity index (χ3n) is 5.21. The minimum absolute atomic E-state index is 0.0619. The molecule has 0 aliphatic heterocycles. The first-order valence-corrected chi connectivity index (χ1v) is 10.4. The van der Waals surface area contributed by atoms with Crippen molar-refractivity contribution in [3.05, 3.63) is 71.3 Å². The minimum Gasteiger partial charge on any atom is -0.354 e. The third kappa shape index (κ3) is 8.59. The average molecular weight is 396 g/mol. The van der Waals surface area contributed by atoms with Gasteiger partial charge in [-0.05, 0) is 56.2 Å². The molecule has 156 valence electrons. The van der Waals surface area contributed by atoms with Crippen LogP contribution in [0.2, 0.25) is 0 Å². The molecule has 0 radical (unpaired) electrons. The van der Waals surface area contributed by atoms with Crippen molar-refractivity contribution in [2.45, 2.75) is 44.6 Å². The van der Waals surface area contributed by atoms with E-state index in [0.717, 1.165) is 50.4 Å². The van der Waals surface area contributed by atoms with Gasteiger partial charge in [-0.2, -0.15) is 0 Å². The van der Waals surface area contributed by atoms with Crippen LogP contribution in [-0.4, -0.2) is 31.3 Å². The standard InChI is InChI=1S/C24H33N3O2/c25-16-4-7-23(26)17-27-24(29)22(14-12-19-5-2-1-3-6-19)15-13-20-8-10-21(18-28)11-9-20/h1-3,5-6,8-11,18,22-23H,4,7,12-17,25-26H2,(H,27,29)/t22?,23-/m0/s1. The molecule has 0 bridgehead atoms. The van der Waals surface area contributed by atoms with Gasteiger partial charge in [-0.3, -0.25) is 9.59 Å². The number of amides is 1. The Morgan fingerprint density at radius 3 is 2.14 bits per heavy atom. The van der Waals surface area contributed by atoms with Gasteiger partial charge >= 0.3 is 0 Å². The molecule has 2 rings (SSSR count). The highest BCUT2D eigenvalue weighted by atomic mass is 16.1. The minimum atomic E-state index is -0.0809. The summed E-state index contributed by atoms with van der Waals surface area (Å²) in [4.78, 5) is 23.6. The van der Waals surface area contributed by atoms with Crippen LogP contribution in [0.1, 0.15) is 47.2 Å². The number of carbonyl (C=O) groups excluding carboxylic acids is 2. The molecule has 2 atom stereocenters. The van der Waals surface area contributed by atoms with Gasteiger partial charge in [-0.15, -0.1) is 0 Å². The maximum Gasteiger partial charge on any atom is 0.223 e.